The molecule has 5 atom stereocenters. The molecule has 2 aromatic carbocycles. The van der Waals surface area contributed by atoms with Crippen LogP contribution in [0.5, 0.6) is 0 Å². The number of imidazole rings is 1. The van der Waals surface area contributed by atoms with E-state index in [0.29, 0.717) is 25.2 Å². The summed E-state index contributed by atoms with van der Waals surface area (Å²) in [5.74, 6) is 0.0553. The summed E-state index contributed by atoms with van der Waals surface area (Å²) < 4.78 is 20.2. The van der Waals surface area contributed by atoms with Gasteiger partial charge in [-0.1, -0.05) is 48.5 Å². The third-order valence-corrected chi connectivity index (χ3v) is 10.6. The molecule has 2 fully saturated rings. The van der Waals surface area contributed by atoms with Gasteiger partial charge in [0.15, 0.2) is 0 Å². The minimum atomic E-state index is -0.936. The predicted octanol–water partition coefficient (Wildman–Crippen LogP) is 5.03. The maximum absolute atomic E-state index is 13.6. The van der Waals surface area contributed by atoms with E-state index in [4.69, 9.17) is 14.2 Å². The maximum Gasteiger partial charge on any atom is 0.407 e. The number of hydrogen-bond acceptors (Lipinski definition) is 9. The van der Waals surface area contributed by atoms with Crippen molar-refractivity contribution in [2.24, 2.45) is 0 Å². The van der Waals surface area contributed by atoms with Crippen LogP contribution in [0.4, 0.5) is 9.59 Å². The molecule has 15 nitrogen and oxygen atoms in total. The van der Waals surface area contributed by atoms with Gasteiger partial charge < -0.3 is 49.8 Å². The second kappa shape index (κ2) is 16.8. The van der Waals surface area contributed by atoms with Crippen molar-refractivity contribution in [1.29, 1.82) is 0 Å². The molecular weight excluding hydrogens is 706 g/mol. The van der Waals surface area contributed by atoms with E-state index in [-0.39, 0.29) is 17.9 Å². The Kier molecular flexibility index (Phi) is 11.9. The van der Waals surface area contributed by atoms with Gasteiger partial charge in [-0.2, -0.15) is 0 Å². The molecule has 0 radical (unpaired) electrons. The Balaban J connectivity index is 1.10. The summed E-state index contributed by atoms with van der Waals surface area (Å²) >= 11 is 0. The average molecular weight is 756 g/mol. The van der Waals surface area contributed by atoms with E-state index in [9.17, 15) is 19.2 Å². The van der Waals surface area contributed by atoms with E-state index in [1.165, 1.54) is 28.4 Å². The SMILES string of the molecule is COC(=O)N[C@H](C(=O)NC1(c2ncc(-c3ccc(-c4ccc(-c5ccc([C@@H]6CCCN6C(=O)[C@@H](NC(=O)OC)[C@@H](C)OC)[nH]5)cc4)cc3)[nH]2)CC1)[C@@H](C)OC. The number of aromatic amines is 2. The number of H-pyrrole nitrogens is 2. The van der Waals surface area contributed by atoms with E-state index in [1.807, 2.05) is 24.3 Å². The lowest BCUT2D eigenvalue weighted by Crippen LogP contribution is -2.55. The lowest BCUT2D eigenvalue weighted by atomic mass is 10.0. The molecule has 2 aliphatic rings. The number of amides is 4. The molecule has 0 spiro atoms. The Morgan fingerprint density at radius 3 is 1.85 bits per heavy atom. The van der Waals surface area contributed by atoms with Crippen LogP contribution < -0.4 is 16.0 Å². The van der Waals surface area contributed by atoms with Crippen molar-refractivity contribution in [3.05, 3.63) is 78.4 Å². The number of aromatic nitrogens is 3. The van der Waals surface area contributed by atoms with Crippen LogP contribution in [-0.2, 0) is 34.1 Å². The number of nitrogens with one attached hydrogen (secondary N) is 5. The Bertz CT molecular complexity index is 1970. The van der Waals surface area contributed by atoms with Gasteiger partial charge in [-0.25, -0.2) is 14.6 Å². The number of alkyl carbamates (subject to hydrolysis) is 2. The van der Waals surface area contributed by atoms with Gasteiger partial charge in [0.2, 0.25) is 11.8 Å². The summed E-state index contributed by atoms with van der Waals surface area (Å²) in [4.78, 5) is 64.0. The molecule has 1 saturated heterocycles. The van der Waals surface area contributed by atoms with Gasteiger partial charge in [0.05, 0.1) is 49.9 Å². The first kappa shape index (κ1) is 39.0. The van der Waals surface area contributed by atoms with Crippen molar-refractivity contribution in [2.45, 2.75) is 75.4 Å². The third kappa shape index (κ3) is 8.52. The van der Waals surface area contributed by atoms with Crippen LogP contribution in [0.25, 0.3) is 33.6 Å². The summed E-state index contributed by atoms with van der Waals surface area (Å²) in [6.07, 6.45) is 2.31. The average Bonchev–Trinajstić information content (AvgIpc) is 3.62. The molecule has 4 aromatic rings. The Morgan fingerprint density at radius 2 is 1.29 bits per heavy atom. The van der Waals surface area contributed by atoms with Gasteiger partial charge in [0.25, 0.3) is 0 Å². The monoisotopic (exact) mass is 755 g/mol. The van der Waals surface area contributed by atoms with Crippen molar-refractivity contribution < 1.29 is 38.1 Å². The van der Waals surface area contributed by atoms with E-state index in [0.717, 1.165) is 52.2 Å². The number of carbonyl (C=O) groups is 4. The van der Waals surface area contributed by atoms with Crippen molar-refractivity contribution in [1.82, 2.24) is 35.8 Å². The van der Waals surface area contributed by atoms with Crippen LogP contribution in [0.3, 0.4) is 0 Å². The highest BCUT2D eigenvalue weighted by molar-refractivity contribution is 5.88. The van der Waals surface area contributed by atoms with Crippen molar-refractivity contribution in [3.8, 4) is 33.6 Å². The first-order valence-electron chi connectivity index (χ1n) is 18.3. The summed E-state index contributed by atoms with van der Waals surface area (Å²) in [7, 11) is 5.48. The Labute approximate surface area is 319 Å². The number of rotatable bonds is 14. The molecule has 1 aliphatic carbocycles. The number of hydrogen-bond donors (Lipinski definition) is 5. The van der Waals surface area contributed by atoms with Crippen molar-refractivity contribution in [3.63, 3.8) is 0 Å². The smallest absolute Gasteiger partial charge is 0.407 e. The normalized spacial score (nSPS) is 18.1. The molecule has 6 rings (SSSR count). The van der Waals surface area contributed by atoms with E-state index >= 15 is 0 Å². The first-order valence-corrected chi connectivity index (χ1v) is 18.3. The fourth-order valence-corrected chi connectivity index (χ4v) is 6.98. The highest BCUT2D eigenvalue weighted by Crippen LogP contribution is 2.44. The number of benzene rings is 2. The predicted molar refractivity (Wildman–Crippen MR) is 204 cm³/mol. The van der Waals surface area contributed by atoms with Crippen molar-refractivity contribution in [2.75, 3.05) is 35.0 Å². The molecule has 1 aliphatic heterocycles. The summed E-state index contributed by atoms with van der Waals surface area (Å²) in [6.45, 7) is 4.02. The number of methoxy groups -OCH3 is 4. The van der Waals surface area contributed by atoms with E-state index in [1.54, 1.807) is 24.9 Å². The van der Waals surface area contributed by atoms with Crippen LogP contribution in [-0.4, -0.2) is 103 Å². The van der Waals surface area contributed by atoms with Crippen molar-refractivity contribution >= 4 is 24.0 Å². The van der Waals surface area contributed by atoms with E-state index in [2.05, 4.69) is 72.0 Å². The number of likely N-dealkylation sites (tertiary alicyclic amines) is 1. The third-order valence-electron chi connectivity index (χ3n) is 10.6. The minimum Gasteiger partial charge on any atom is -0.453 e. The molecule has 3 heterocycles. The molecule has 5 N–H and O–H groups in total. The molecule has 2 aromatic heterocycles. The van der Waals surface area contributed by atoms with Crippen LogP contribution in [0, 0.1) is 0 Å². The summed E-state index contributed by atoms with van der Waals surface area (Å²) in [5.41, 5.74) is 6.09. The second-order valence-electron chi connectivity index (χ2n) is 14.0. The van der Waals surface area contributed by atoms with Gasteiger partial charge in [-0.05, 0) is 73.9 Å². The van der Waals surface area contributed by atoms with Crippen LogP contribution in [0.15, 0.2) is 66.9 Å². The molecule has 0 bridgehead atoms. The fraction of sp³-hybridized carbons (Fsp3) is 0.425. The van der Waals surface area contributed by atoms with Gasteiger partial charge in [0.1, 0.15) is 17.9 Å². The van der Waals surface area contributed by atoms with Gasteiger partial charge >= 0.3 is 12.2 Å². The first-order chi connectivity index (χ1) is 26.5. The topological polar surface area (TPSA) is 189 Å². The number of nitrogens with zero attached hydrogens (tertiary/aromatic N) is 2. The molecular formula is C40H49N7O8. The molecule has 1 saturated carbocycles. The highest BCUT2D eigenvalue weighted by atomic mass is 16.5. The number of ether oxygens (including phenoxy) is 4. The Hall–Kier alpha value is -5.67. The molecule has 292 valence electrons. The van der Waals surface area contributed by atoms with Crippen LogP contribution >= 0.6 is 0 Å². The zero-order valence-corrected chi connectivity index (χ0v) is 31.9. The van der Waals surface area contributed by atoms with Gasteiger partial charge in [-0.3, -0.25) is 9.59 Å². The largest absolute Gasteiger partial charge is 0.453 e. The van der Waals surface area contributed by atoms with Crippen LogP contribution in [0.1, 0.15) is 57.1 Å². The second-order valence-corrected chi connectivity index (χ2v) is 14.0. The molecule has 15 heteroatoms. The lowest BCUT2D eigenvalue weighted by Gasteiger charge is -2.31. The quantitative estimate of drug-likeness (QED) is 0.118. The standard InChI is InChI=1S/C40H49N7O8/c1-23(52-3)33(44-38(50)54-5)35(48)46-40(19-20-40)37-41-22-31(43-37)28-15-11-26(12-16-28)25-9-13-27(14-10-25)29-17-18-30(42-29)32-8-7-21-47(32)36(49)34(24(2)53-4)45-39(51)55-6/h9-18,22-24,32-34,42H,7-8,19-21H2,1-6H3,(H,41,43)(H,44,50)(H,45,51)(H,46,48)/t23-,24-,32+,33+,34+/m1/s1. The number of carbonyl (C=O) groups excluding carboxylic acids is 4. The van der Waals surface area contributed by atoms with Crippen LogP contribution in [0.2, 0.25) is 0 Å². The van der Waals surface area contributed by atoms with E-state index < -0.39 is 42.0 Å². The highest BCUT2D eigenvalue weighted by Gasteiger charge is 2.50. The van der Waals surface area contributed by atoms with Gasteiger partial charge in [-0.15, -0.1) is 0 Å². The summed E-state index contributed by atoms with van der Waals surface area (Å²) in [6, 6.07) is 18.5. The summed E-state index contributed by atoms with van der Waals surface area (Å²) in [5, 5.41) is 8.24. The zero-order valence-electron chi connectivity index (χ0n) is 31.9. The van der Waals surface area contributed by atoms with Gasteiger partial charge in [0, 0.05) is 32.2 Å². The lowest BCUT2D eigenvalue weighted by molar-refractivity contribution is -0.137. The minimum absolute atomic E-state index is 0.156. The molecule has 0 unspecified atom stereocenters. The maximum atomic E-state index is 13.6. The Morgan fingerprint density at radius 1 is 0.745 bits per heavy atom. The fourth-order valence-electron chi connectivity index (χ4n) is 6.98. The zero-order chi connectivity index (χ0) is 39.3. The molecule has 55 heavy (non-hydrogen) atoms. The molecule has 4 amide bonds.